The van der Waals surface area contributed by atoms with Gasteiger partial charge in [0.1, 0.15) is 23.3 Å². The Morgan fingerprint density at radius 2 is 0.619 bits per heavy atom. The molecule has 42 heavy (non-hydrogen) atoms. The van der Waals surface area contributed by atoms with Crippen LogP contribution in [0.3, 0.4) is 0 Å². The molecule has 0 unspecified atom stereocenters. The Morgan fingerprint density at radius 1 is 0.333 bits per heavy atom. The van der Waals surface area contributed by atoms with Crippen molar-refractivity contribution < 1.29 is 0 Å². The summed E-state index contributed by atoms with van der Waals surface area (Å²) in [6.07, 6.45) is 7.25. The minimum Gasteiger partial charge on any atom is -0.279 e. The van der Waals surface area contributed by atoms with Gasteiger partial charge in [0.05, 0.1) is 11.4 Å². The summed E-state index contributed by atoms with van der Waals surface area (Å²) in [6, 6.07) is 41.5. The lowest BCUT2D eigenvalue weighted by atomic mass is 9.93. The Hall–Kier alpha value is -5.88. The molecule has 6 heteroatoms. The van der Waals surface area contributed by atoms with E-state index in [1.807, 2.05) is 97.6 Å². The fourth-order valence-corrected chi connectivity index (χ4v) is 5.77. The van der Waals surface area contributed by atoms with E-state index in [1.54, 1.807) is 0 Å². The van der Waals surface area contributed by atoms with Gasteiger partial charge >= 0.3 is 0 Å². The molecule has 4 aromatic heterocycles. The fourth-order valence-electron chi connectivity index (χ4n) is 5.77. The van der Waals surface area contributed by atoms with Crippen molar-refractivity contribution in [2.45, 2.75) is 0 Å². The average molecular weight is 541 g/mol. The van der Waals surface area contributed by atoms with Gasteiger partial charge in [0.15, 0.2) is 0 Å². The second kappa shape index (κ2) is 9.94. The van der Waals surface area contributed by atoms with Crippen LogP contribution in [0.4, 0.5) is 34.6 Å². The van der Waals surface area contributed by atoms with Gasteiger partial charge in [-0.25, -0.2) is 19.9 Å². The summed E-state index contributed by atoms with van der Waals surface area (Å²) in [6.45, 7) is 0. The third kappa shape index (κ3) is 4.05. The third-order valence-corrected chi connectivity index (χ3v) is 7.53. The standard InChI is InChI=1S/C36H24N6/c1-5-17-37-31(9-1)41(32-10-2-6-18-38-32)29-21-25-13-15-27-23-30(24-28-16-14-26(22-29)35(25)36(27)28)42(33-11-3-7-19-39-33)34-12-4-8-20-40-34/h1-24H. The lowest BCUT2D eigenvalue weighted by Crippen LogP contribution is -2.13. The van der Waals surface area contributed by atoms with Gasteiger partial charge in [0.2, 0.25) is 0 Å². The number of hydrogen-bond donors (Lipinski definition) is 0. The van der Waals surface area contributed by atoms with Crippen molar-refractivity contribution in [2.75, 3.05) is 9.80 Å². The monoisotopic (exact) mass is 540 g/mol. The SMILES string of the molecule is c1ccc(N(c2cc3ccc4cc(N(c5ccccn5)c5ccccn5)cc5ccc(c2)c3c45)c2ccccn2)nc1. The second-order valence-corrected chi connectivity index (χ2v) is 10.1. The largest absolute Gasteiger partial charge is 0.279 e. The summed E-state index contributed by atoms with van der Waals surface area (Å²) in [5.74, 6) is 3.27. The predicted molar refractivity (Wildman–Crippen MR) is 171 cm³/mol. The van der Waals surface area contributed by atoms with Gasteiger partial charge in [0, 0.05) is 24.8 Å². The van der Waals surface area contributed by atoms with Crippen LogP contribution in [0, 0.1) is 0 Å². The van der Waals surface area contributed by atoms with Gasteiger partial charge in [-0.1, -0.05) is 48.5 Å². The Labute approximate surface area is 242 Å². The minimum absolute atomic E-state index is 0.817. The van der Waals surface area contributed by atoms with Crippen molar-refractivity contribution >= 4 is 67.0 Å². The molecule has 0 aliphatic rings. The summed E-state index contributed by atoms with van der Waals surface area (Å²) < 4.78 is 0. The topological polar surface area (TPSA) is 58.0 Å². The number of benzene rings is 4. The third-order valence-electron chi connectivity index (χ3n) is 7.53. The first kappa shape index (κ1) is 24.0. The van der Waals surface area contributed by atoms with E-state index in [-0.39, 0.29) is 0 Å². The van der Waals surface area contributed by atoms with Crippen LogP contribution in [0.5, 0.6) is 0 Å². The van der Waals surface area contributed by atoms with Crippen LogP contribution < -0.4 is 9.80 Å². The molecule has 198 valence electrons. The van der Waals surface area contributed by atoms with Crippen molar-refractivity contribution in [1.82, 2.24) is 19.9 Å². The minimum atomic E-state index is 0.817. The molecule has 6 nitrogen and oxygen atoms in total. The Bertz CT molecular complexity index is 1830. The van der Waals surface area contributed by atoms with E-state index in [4.69, 9.17) is 0 Å². The van der Waals surface area contributed by atoms with E-state index in [2.05, 4.69) is 78.3 Å². The number of rotatable bonds is 6. The van der Waals surface area contributed by atoms with Crippen LogP contribution in [0.25, 0.3) is 32.3 Å². The summed E-state index contributed by atoms with van der Waals surface area (Å²) in [7, 11) is 0. The van der Waals surface area contributed by atoms with E-state index in [9.17, 15) is 0 Å². The molecule has 0 amide bonds. The van der Waals surface area contributed by atoms with Crippen LogP contribution in [-0.2, 0) is 0 Å². The zero-order valence-electron chi connectivity index (χ0n) is 22.5. The molecule has 0 radical (unpaired) electrons. The quantitative estimate of drug-likeness (QED) is 0.196. The molecule has 0 saturated carbocycles. The van der Waals surface area contributed by atoms with E-state index < -0.39 is 0 Å². The van der Waals surface area contributed by atoms with Gasteiger partial charge < -0.3 is 0 Å². The highest BCUT2D eigenvalue weighted by Gasteiger charge is 2.20. The van der Waals surface area contributed by atoms with E-state index in [1.165, 1.54) is 10.8 Å². The molecule has 0 atom stereocenters. The maximum atomic E-state index is 4.66. The average Bonchev–Trinajstić information content (AvgIpc) is 3.06. The molecular formula is C36H24N6. The second-order valence-electron chi connectivity index (χ2n) is 10.1. The normalized spacial score (nSPS) is 11.3. The molecular weight excluding hydrogens is 516 g/mol. The molecule has 8 aromatic rings. The van der Waals surface area contributed by atoms with Gasteiger partial charge in [-0.05, 0) is 105 Å². The summed E-state index contributed by atoms with van der Waals surface area (Å²) in [5, 5.41) is 7.13. The van der Waals surface area contributed by atoms with Crippen LogP contribution >= 0.6 is 0 Å². The van der Waals surface area contributed by atoms with Gasteiger partial charge in [-0.3, -0.25) is 9.80 Å². The fraction of sp³-hybridized carbons (Fsp3) is 0. The number of hydrogen-bond acceptors (Lipinski definition) is 6. The van der Waals surface area contributed by atoms with E-state index in [0.717, 1.165) is 56.2 Å². The maximum absolute atomic E-state index is 4.66. The molecule has 0 aliphatic carbocycles. The van der Waals surface area contributed by atoms with Gasteiger partial charge in [-0.2, -0.15) is 0 Å². The van der Waals surface area contributed by atoms with E-state index >= 15 is 0 Å². The van der Waals surface area contributed by atoms with Crippen molar-refractivity contribution in [3.8, 4) is 0 Å². The molecule has 0 saturated heterocycles. The maximum Gasteiger partial charge on any atom is 0.138 e. The molecule has 4 heterocycles. The highest BCUT2D eigenvalue weighted by atomic mass is 15.2. The molecule has 0 bridgehead atoms. The van der Waals surface area contributed by atoms with Crippen LogP contribution in [-0.4, -0.2) is 19.9 Å². The smallest absolute Gasteiger partial charge is 0.138 e. The number of nitrogens with zero attached hydrogens (tertiary/aromatic N) is 6. The van der Waals surface area contributed by atoms with Crippen molar-refractivity contribution in [1.29, 1.82) is 0 Å². The Balaban J connectivity index is 1.32. The van der Waals surface area contributed by atoms with Gasteiger partial charge in [-0.15, -0.1) is 0 Å². The predicted octanol–water partition coefficient (Wildman–Crippen LogP) is 9.10. The number of anilines is 6. The Morgan fingerprint density at radius 3 is 0.857 bits per heavy atom. The first-order valence-electron chi connectivity index (χ1n) is 13.8. The van der Waals surface area contributed by atoms with Crippen LogP contribution in [0.1, 0.15) is 0 Å². The van der Waals surface area contributed by atoms with Crippen molar-refractivity contribution in [3.05, 3.63) is 146 Å². The van der Waals surface area contributed by atoms with Crippen LogP contribution in [0.2, 0.25) is 0 Å². The lowest BCUT2D eigenvalue weighted by molar-refractivity contribution is 1.13. The van der Waals surface area contributed by atoms with Crippen molar-refractivity contribution in [2.24, 2.45) is 0 Å². The highest BCUT2D eigenvalue weighted by Crippen LogP contribution is 2.43. The zero-order valence-corrected chi connectivity index (χ0v) is 22.5. The first-order valence-corrected chi connectivity index (χ1v) is 13.8. The molecule has 4 aromatic carbocycles. The molecule has 0 spiro atoms. The molecule has 8 rings (SSSR count). The molecule has 0 N–H and O–H groups in total. The first-order chi connectivity index (χ1) is 20.8. The lowest BCUT2D eigenvalue weighted by Gasteiger charge is -2.25. The van der Waals surface area contributed by atoms with Gasteiger partial charge in [0.25, 0.3) is 0 Å². The Kier molecular flexibility index (Phi) is 5.67. The van der Waals surface area contributed by atoms with E-state index in [0.29, 0.717) is 0 Å². The summed E-state index contributed by atoms with van der Waals surface area (Å²) >= 11 is 0. The molecule has 0 fully saturated rings. The van der Waals surface area contributed by atoms with Crippen molar-refractivity contribution in [3.63, 3.8) is 0 Å². The highest BCUT2D eigenvalue weighted by molar-refractivity contribution is 6.24. The summed E-state index contributed by atoms with van der Waals surface area (Å²) in [4.78, 5) is 22.8. The zero-order chi connectivity index (χ0) is 27.9. The number of pyridine rings is 4. The van der Waals surface area contributed by atoms with Crippen LogP contribution in [0.15, 0.2) is 146 Å². The molecule has 0 aliphatic heterocycles. The summed E-state index contributed by atoms with van der Waals surface area (Å²) in [5.41, 5.74) is 2.02. The number of aromatic nitrogens is 4.